The first-order chi connectivity index (χ1) is 18.2. The molecule has 1 aliphatic rings. The summed E-state index contributed by atoms with van der Waals surface area (Å²) >= 11 is 9.79. The number of hydrogen-bond donors (Lipinski definition) is 1. The number of H-pyrrole nitrogens is 1. The van der Waals surface area contributed by atoms with Gasteiger partial charge in [-0.05, 0) is 41.0 Å². The van der Waals surface area contributed by atoms with E-state index in [-0.39, 0.29) is 6.04 Å². The number of aliphatic imine (C=N–C) groups is 1. The fourth-order valence-electron chi connectivity index (χ4n) is 4.83. The van der Waals surface area contributed by atoms with Crippen molar-refractivity contribution in [1.29, 1.82) is 0 Å². The van der Waals surface area contributed by atoms with Gasteiger partial charge < -0.3 is 4.90 Å². The number of aromatic amines is 1. The van der Waals surface area contributed by atoms with Crippen LogP contribution in [0.4, 0.5) is 11.5 Å². The molecule has 0 spiro atoms. The number of fused-ring (bicyclic) bond motifs is 1. The quantitative estimate of drug-likeness (QED) is 0.231. The zero-order valence-electron chi connectivity index (χ0n) is 20.0. The van der Waals surface area contributed by atoms with Gasteiger partial charge in [0.05, 0.1) is 17.4 Å². The van der Waals surface area contributed by atoms with Crippen molar-refractivity contribution in [3.05, 3.63) is 135 Å². The van der Waals surface area contributed by atoms with E-state index in [1.165, 1.54) is 11.1 Å². The van der Waals surface area contributed by atoms with Crippen LogP contribution in [0.2, 0.25) is 5.02 Å². The Morgan fingerprint density at radius 1 is 0.811 bits per heavy atom. The lowest BCUT2D eigenvalue weighted by molar-refractivity contribution is 0.633. The molecule has 1 atom stereocenters. The molecule has 6 rings (SSSR count). The average Bonchev–Trinajstić information content (AvgIpc) is 3.28. The van der Waals surface area contributed by atoms with E-state index in [4.69, 9.17) is 21.7 Å². The molecule has 0 bridgehead atoms. The van der Waals surface area contributed by atoms with Gasteiger partial charge in [0.25, 0.3) is 0 Å². The molecular weight excluding hydrogens is 544 g/mol. The van der Waals surface area contributed by atoms with E-state index in [9.17, 15) is 0 Å². The summed E-state index contributed by atoms with van der Waals surface area (Å²) in [6.45, 7) is 0.710. The minimum Gasteiger partial charge on any atom is -0.342 e. The third-order valence-electron chi connectivity index (χ3n) is 6.69. The van der Waals surface area contributed by atoms with Crippen molar-refractivity contribution in [2.45, 2.75) is 19.0 Å². The van der Waals surface area contributed by atoms with Crippen LogP contribution in [-0.4, -0.2) is 15.9 Å². The lowest BCUT2D eigenvalue weighted by Gasteiger charge is -2.31. The SMILES string of the molecule is Clc1ccc(C2=Nc3c(n[nH]c3-c3ccc(Br)cc3)N(Cc3ccccc3)C(c3ccccc3)C2)cc1. The van der Waals surface area contributed by atoms with E-state index in [2.05, 4.69) is 105 Å². The first kappa shape index (κ1) is 23.7. The molecule has 2 heterocycles. The molecule has 1 N–H and O–H groups in total. The van der Waals surface area contributed by atoms with Crippen molar-refractivity contribution in [2.75, 3.05) is 4.90 Å². The third kappa shape index (κ3) is 4.97. The second kappa shape index (κ2) is 10.4. The molecule has 0 amide bonds. The summed E-state index contributed by atoms with van der Waals surface area (Å²) in [7, 11) is 0. The number of rotatable bonds is 5. The van der Waals surface area contributed by atoms with Crippen molar-refractivity contribution in [3.63, 3.8) is 0 Å². The molecule has 4 aromatic carbocycles. The van der Waals surface area contributed by atoms with Gasteiger partial charge >= 0.3 is 0 Å². The number of aromatic nitrogens is 2. The topological polar surface area (TPSA) is 44.3 Å². The molecule has 182 valence electrons. The summed E-state index contributed by atoms with van der Waals surface area (Å²) in [5.41, 5.74) is 7.29. The van der Waals surface area contributed by atoms with Gasteiger partial charge in [-0.3, -0.25) is 5.10 Å². The standard InChI is InChI=1S/C31H24BrClN4/c32-25-15-11-24(12-16-25)29-30-31(36-35-29)37(20-21-7-3-1-4-8-21)28(23-9-5-2-6-10-23)19-27(34-30)22-13-17-26(33)18-14-22/h1-18,28H,19-20H2,(H,35,36). The maximum atomic E-state index is 6.24. The summed E-state index contributed by atoms with van der Waals surface area (Å²) in [6.07, 6.45) is 0.731. The van der Waals surface area contributed by atoms with Gasteiger partial charge in [-0.25, -0.2) is 4.99 Å². The Labute approximate surface area is 229 Å². The molecule has 1 unspecified atom stereocenters. The van der Waals surface area contributed by atoms with Crippen LogP contribution in [0.15, 0.2) is 119 Å². The van der Waals surface area contributed by atoms with E-state index < -0.39 is 0 Å². The van der Waals surface area contributed by atoms with Crippen LogP contribution in [0.5, 0.6) is 0 Å². The molecule has 1 aliphatic heterocycles. The Hall–Kier alpha value is -3.67. The summed E-state index contributed by atoms with van der Waals surface area (Å²) in [5.74, 6) is 0.847. The number of nitrogens with zero attached hydrogens (tertiary/aromatic N) is 3. The molecule has 0 saturated carbocycles. The second-order valence-corrected chi connectivity index (χ2v) is 10.4. The Morgan fingerprint density at radius 2 is 1.46 bits per heavy atom. The molecule has 5 aromatic rings. The molecular formula is C31H24BrClN4. The smallest absolute Gasteiger partial charge is 0.177 e. The van der Waals surface area contributed by atoms with Gasteiger partial charge in [-0.2, -0.15) is 5.10 Å². The molecule has 6 heteroatoms. The zero-order valence-corrected chi connectivity index (χ0v) is 22.3. The monoisotopic (exact) mass is 566 g/mol. The van der Waals surface area contributed by atoms with Crippen LogP contribution >= 0.6 is 27.5 Å². The van der Waals surface area contributed by atoms with E-state index >= 15 is 0 Å². The van der Waals surface area contributed by atoms with Gasteiger partial charge in [-0.1, -0.05) is 112 Å². The van der Waals surface area contributed by atoms with Gasteiger partial charge in [0.1, 0.15) is 5.69 Å². The number of anilines is 1. The average molecular weight is 568 g/mol. The lowest BCUT2D eigenvalue weighted by atomic mass is 9.96. The van der Waals surface area contributed by atoms with Crippen molar-refractivity contribution in [3.8, 4) is 11.3 Å². The Morgan fingerprint density at radius 3 is 2.16 bits per heavy atom. The minimum atomic E-state index is 0.0400. The van der Waals surface area contributed by atoms with Crippen LogP contribution in [0.3, 0.4) is 0 Å². The van der Waals surface area contributed by atoms with Crippen molar-refractivity contribution < 1.29 is 0 Å². The molecule has 4 nitrogen and oxygen atoms in total. The summed E-state index contributed by atoms with van der Waals surface area (Å²) in [6, 6.07) is 37.4. The van der Waals surface area contributed by atoms with Crippen LogP contribution in [0.1, 0.15) is 29.2 Å². The molecule has 0 aliphatic carbocycles. The fourth-order valence-corrected chi connectivity index (χ4v) is 5.23. The number of benzene rings is 4. The first-order valence-electron chi connectivity index (χ1n) is 12.2. The predicted octanol–water partition coefficient (Wildman–Crippen LogP) is 8.77. The molecule has 0 fully saturated rings. The maximum absolute atomic E-state index is 6.24. The predicted molar refractivity (Wildman–Crippen MR) is 156 cm³/mol. The van der Waals surface area contributed by atoms with Crippen molar-refractivity contribution >= 4 is 44.7 Å². The highest BCUT2D eigenvalue weighted by molar-refractivity contribution is 9.10. The van der Waals surface area contributed by atoms with Crippen LogP contribution in [-0.2, 0) is 6.54 Å². The second-order valence-electron chi connectivity index (χ2n) is 9.09. The maximum Gasteiger partial charge on any atom is 0.177 e. The number of hydrogen-bond acceptors (Lipinski definition) is 3. The summed E-state index contributed by atoms with van der Waals surface area (Å²) in [4.78, 5) is 7.67. The summed E-state index contributed by atoms with van der Waals surface area (Å²) in [5, 5.41) is 8.90. The van der Waals surface area contributed by atoms with Crippen LogP contribution < -0.4 is 4.90 Å². The van der Waals surface area contributed by atoms with Gasteiger partial charge in [0, 0.05) is 28.0 Å². The normalized spacial score (nSPS) is 15.1. The fraction of sp³-hybridized carbons (Fsp3) is 0.0968. The Kier molecular flexibility index (Phi) is 6.64. The van der Waals surface area contributed by atoms with Gasteiger partial charge in [0.2, 0.25) is 0 Å². The minimum absolute atomic E-state index is 0.0400. The zero-order chi connectivity index (χ0) is 25.2. The Balaban J connectivity index is 1.55. The highest BCUT2D eigenvalue weighted by Gasteiger charge is 2.32. The molecule has 1 aromatic heterocycles. The highest BCUT2D eigenvalue weighted by Crippen LogP contribution is 2.45. The molecule has 37 heavy (non-hydrogen) atoms. The number of nitrogens with one attached hydrogen (secondary N) is 1. The van der Waals surface area contributed by atoms with Crippen molar-refractivity contribution in [1.82, 2.24) is 10.2 Å². The van der Waals surface area contributed by atoms with Crippen LogP contribution in [0, 0.1) is 0 Å². The van der Waals surface area contributed by atoms with Gasteiger partial charge in [-0.15, -0.1) is 0 Å². The van der Waals surface area contributed by atoms with E-state index in [0.29, 0.717) is 11.6 Å². The lowest BCUT2D eigenvalue weighted by Crippen LogP contribution is -2.29. The Bertz CT molecular complexity index is 1530. The highest BCUT2D eigenvalue weighted by atomic mass is 79.9. The van der Waals surface area contributed by atoms with E-state index in [1.54, 1.807) is 0 Å². The largest absolute Gasteiger partial charge is 0.342 e. The molecule has 0 radical (unpaired) electrons. The summed E-state index contributed by atoms with van der Waals surface area (Å²) < 4.78 is 1.03. The van der Waals surface area contributed by atoms with Crippen molar-refractivity contribution in [2.24, 2.45) is 4.99 Å². The van der Waals surface area contributed by atoms with Gasteiger partial charge in [0.15, 0.2) is 5.82 Å². The van der Waals surface area contributed by atoms with E-state index in [0.717, 1.165) is 44.9 Å². The third-order valence-corrected chi connectivity index (χ3v) is 7.48. The first-order valence-corrected chi connectivity index (χ1v) is 13.4. The molecule has 0 saturated heterocycles. The van der Waals surface area contributed by atoms with Crippen LogP contribution in [0.25, 0.3) is 11.3 Å². The van der Waals surface area contributed by atoms with E-state index in [1.807, 2.05) is 30.3 Å². The number of halogens is 2.